The van der Waals surface area contributed by atoms with Gasteiger partial charge in [0.1, 0.15) is 11.6 Å². The van der Waals surface area contributed by atoms with E-state index in [0.717, 1.165) is 18.2 Å². The molecule has 5 heteroatoms. The van der Waals surface area contributed by atoms with Gasteiger partial charge in [-0.25, -0.2) is 4.98 Å². The molecule has 0 spiro atoms. The van der Waals surface area contributed by atoms with Gasteiger partial charge in [-0.3, -0.25) is 4.79 Å². The van der Waals surface area contributed by atoms with Crippen LogP contribution in [0.2, 0.25) is 0 Å². The first kappa shape index (κ1) is 13.3. The second-order valence-electron chi connectivity index (χ2n) is 3.72. The lowest BCUT2D eigenvalue weighted by Gasteiger charge is -2.18. The van der Waals surface area contributed by atoms with E-state index in [2.05, 4.69) is 15.6 Å². The zero-order valence-corrected chi connectivity index (χ0v) is 10.7. The fourth-order valence-electron chi connectivity index (χ4n) is 1.46. The molecule has 1 heterocycles. The third kappa shape index (κ3) is 4.30. The minimum Gasteiger partial charge on any atom is -0.370 e. The minimum atomic E-state index is 0.00523. The van der Waals surface area contributed by atoms with Gasteiger partial charge < -0.3 is 15.5 Å². The van der Waals surface area contributed by atoms with Crippen molar-refractivity contribution in [1.29, 1.82) is 0 Å². The van der Waals surface area contributed by atoms with Gasteiger partial charge in [0.2, 0.25) is 5.91 Å². The van der Waals surface area contributed by atoms with Crippen LogP contribution in [0.3, 0.4) is 0 Å². The zero-order chi connectivity index (χ0) is 12.7. The molecule has 94 valence electrons. The van der Waals surface area contributed by atoms with Crippen LogP contribution in [-0.2, 0) is 4.79 Å². The molecule has 0 aliphatic heterocycles. The van der Waals surface area contributed by atoms with Gasteiger partial charge in [0, 0.05) is 20.1 Å². The number of rotatable bonds is 6. The Morgan fingerprint density at radius 1 is 1.35 bits per heavy atom. The summed E-state index contributed by atoms with van der Waals surface area (Å²) in [6.45, 7) is 5.72. The molecule has 2 N–H and O–H groups in total. The first-order chi connectivity index (χ1) is 8.17. The van der Waals surface area contributed by atoms with Crippen LogP contribution in [0.15, 0.2) is 18.2 Å². The summed E-state index contributed by atoms with van der Waals surface area (Å²) in [6.07, 6.45) is 0. The largest absolute Gasteiger partial charge is 0.370 e. The average molecular weight is 236 g/mol. The van der Waals surface area contributed by atoms with Crippen molar-refractivity contribution in [2.24, 2.45) is 0 Å². The summed E-state index contributed by atoms with van der Waals surface area (Å²) in [7, 11) is 1.85. The molecular weight excluding hydrogens is 216 g/mol. The molecule has 0 aliphatic carbocycles. The molecule has 0 fully saturated rings. The van der Waals surface area contributed by atoms with Gasteiger partial charge >= 0.3 is 0 Å². The van der Waals surface area contributed by atoms with Crippen LogP contribution in [-0.4, -0.2) is 37.6 Å². The average Bonchev–Trinajstić information content (AvgIpc) is 2.30. The maximum atomic E-state index is 11.4. The summed E-state index contributed by atoms with van der Waals surface area (Å²) in [6, 6.07) is 5.72. The monoisotopic (exact) mass is 236 g/mol. The number of amides is 1. The normalized spacial score (nSPS) is 9.82. The van der Waals surface area contributed by atoms with Crippen molar-refractivity contribution in [3.05, 3.63) is 18.2 Å². The molecule has 0 unspecified atom stereocenters. The first-order valence-electron chi connectivity index (χ1n) is 5.86. The zero-order valence-electron chi connectivity index (χ0n) is 10.7. The van der Waals surface area contributed by atoms with E-state index in [4.69, 9.17) is 0 Å². The summed E-state index contributed by atoms with van der Waals surface area (Å²) < 4.78 is 0. The Morgan fingerprint density at radius 2 is 2.12 bits per heavy atom. The van der Waals surface area contributed by atoms with Crippen molar-refractivity contribution in [3.8, 4) is 0 Å². The number of carbonyl (C=O) groups is 1. The molecule has 1 aromatic heterocycles. The number of hydrogen-bond acceptors (Lipinski definition) is 4. The Balaban J connectivity index is 2.64. The molecule has 0 atom stereocenters. The van der Waals surface area contributed by atoms with Crippen molar-refractivity contribution < 1.29 is 4.79 Å². The second kappa shape index (κ2) is 6.73. The summed E-state index contributed by atoms with van der Waals surface area (Å²) in [4.78, 5) is 17.7. The molecule has 5 nitrogen and oxygen atoms in total. The van der Waals surface area contributed by atoms with Crippen molar-refractivity contribution >= 4 is 17.5 Å². The molecule has 0 radical (unpaired) electrons. The fourth-order valence-corrected chi connectivity index (χ4v) is 1.46. The lowest BCUT2D eigenvalue weighted by atomic mass is 10.4. The third-order valence-electron chi connectivity index (χ3n) is 2.24. The SMILES string of the molecule is CCNC(=O)CN(C)c1cccc(NCC)n1. The standard InChI is InChI=1S/C12H20N4O/c1-4-13-10-7-6-8-11(15-10)16(3)9-12(17)14-5-2/h6-8H,4-5,9H2,1-3H3,(H,13,15)(H,14,17). The number of likely N-dealkylation sites (N-methyl/N-ethyl adjacent to an activating group) is 2. The molecule has 0 aromatic carbocycles. The quantitative estimate of drug-likeness (QED) is 0.776. The Bertz CT molecular complexity index is 367. The Labute approximate surface area is 102 Å². The van der Waals surface area contributed by atoms with E-state index < -0.39 is 0 Å². The van der Waals surface area contributed by atoms with Crippen LogP contribution in [0.1, 0.15) is 13.8 Å². The number of aromatic nitrogens is 1. The molecule has 17 heavy (non-hydrogen) atoms. The predicted octanol–water partition coefficient (Wildman–Crippen LogP) is 1.09. The summed E-state index contributed by atoms with van der Waals surface area (Å²) in [5.74, 6) is 1.62. The maximum Gasteiger partial charge on any atom is 0.239 e. The van der Waals surface area contributed by atoms with Gasteiger partial charge in [0.05, 0.1) is 6.54 Å². The Kier molecular flexibility index (Phi) is 5.26. The Hall–Kier alpha value is -1.78. The highest BCUT2D eigenvalue weighted by atomic mass is 16.2. The lowest BCUT2D eigenvalue weighted by Crippen LogP contribution is -2.35. The molecule has 1 amide bonds. The molecule has 1 rings (SSSR count). The topological polar surface area (TPSA) is 57.3 Å². The van der Waals surface area contributed by atoms with Gasteiger partial charge in [-0.05, 0) is 26.0 Å². The number of nitrogens with zero attached hydrogens (tertiary/aromatic N) is 2. The van der Waals surface area contributed by atoms with Crippen molar-refractivity contribution in [2.75, 3.05) is 36.9 Å². The molecule has 0 saturated heterocycles. The fraction of sp³-hybridized carbons (Fsp3) is 0.500. The van der Waals surface area contributed by atoms with Gasteiger partial charge in [0.15, 0.2) is 0 Å². The first-order valence-corrected chi connectivity index (χ1v) is 5.86. The van der Waals surface area contributed by atoms with Crippen LogP contribution in [0, 0.1) is 0 Å². The number of anilines is 2. The number of hydrogen-bond donors (Lipinski definition) is 2. The van der Waals surface area contributed by atoms with Crippen LogP contribution < -0.4 is 15.5 Å². The summed E-state index contributed by atoms with van der Waals surface area (Å²) >= 11 is 0. The summed E-state index contributed by atoms with van der Waals surface area (Å²) in [5, 5.41) is 5.90. The predicted molar refractivity (Wildman–Crippen MR) is 70.4 cm³/mol. The van der Waals surface area contributed by atoms with Gasteiger partial charge in [-0.15, -0.1) is 0 Å². The van der Waals surface area contributed by atoms with Crippen LogP contribution in [0.25, 0.3) is 0 Å². The van der Waals surface area contributed by atoms with E-state index in [1.165, 1.54) is 0 Å². The van der Waals surface area contributed by atoms with Crippen LogP contribution in [0.5, 0.6) is 0 Å². The molecule has 0 aliphatic rings. The van der Waals surface area contributed by atoms with Crippen LogP contribution in [0.4, 0.5) is 11.6 Å². The summed E-state index contributed by atoms with van der Waals surface area (Å²) in [5.41, 5.74) is 0. The van der Waals surface area contributed by atoms with E-state index in [1.54, 1.807) is 0 Å². The second-order valence-corrected chi connectivity index (χ2v) is 3.72. The van der Waals surface area contributed by atoms with Crippen LogP contribution >= 0.6 is 0 Å². The van der Waals surface area contributed by atoms with Gasteiger partial charge in [-0.1, -0.05) is 6.07 Å². The van der Waals surface area contributed by atoms with E-state index in [0.29, 0.717) is 13.1 Å². The van der Waals surface area contributed by atoms with E-state index in [1.807, 2.05) is 44.0 Å². The molecular formula is C12H20N4O. The highest BCUT2D eigenvalue weighted by Crippen LogP contribution is 2.12. The number of pyridine rings is 1. The Morgan fingerprint density at radius 3 is 2.76 bits per heavy atom. The van der Waals surface area contributed by atoms with E-state index in [9.17, 15) is 4.79 Å². The molecule has 0 saturated carbocycles. The highest BCUT2D eigenvalue weighted by Gasteiger charge is 2.07. The number of carbonyl (C=O) groups excluding carboxylic acids is 1. The third-order valence-corrected chi connectivity index (χ3v) is 2.24. The maximum absolute atomic E-state index is 11.4. The number of nitrogens with one attached hydrogen (secondary N) is 2. The van der Waals surface area contributed by atoms with E-state index >= 15 is 0 Å². The van der Waals surface area contributed by atoms with E-state index in [-0.39, 0.29) is 5.91 Å². The smallest absolute Gasteiger partial charge is 0.239 e. The van der Waals surface area contributed by atoms with Crippen molar-refractivity contribution in [1.82, 2.24) is 10.3 Å². The molecule has 0 bridgehead atoms. The van der Waals surface area contributed by atoms with Crippen molar-refractivity contribution in [3.63, 3.8) is 0 Å². The minimum absolute atomic E-state index is 0.00523. The van der Waals surface area contributed by atoms with Gasteiger partial charge in [0.25, 0.3) is 0 Å². The molecule has 1 aromatic rings. The van der Waals surface area contributed by atoms with Gasteiger partial charge in [-0.2, -0.15) is 0 Å². The lowest BCUT2D eigenvalue weighted by molar-refractivity contribution is -0.119. The highest BCUT2D eigenvalue weighted by molar-refractivity contribution is 5.80. The van der Waals surface area contributed by atoms with Crippen molar-refractivity contribution in [2.45, 2.75) is 13.8 Å².